The highest BCUT2D eigenvalue weighted by Gasteiger charge is 2.25. The van der Waals surface area contributed by atoms with E-state index in [2.05, 4.69) is 23.7 Å². The van der Waals surface area contributed by atoms with E-state index in [4.69, 9.17) is 4.42 Å². The minimum atomic E-state index is 0.470. The van der Waals surface area contributed by atoms with Crippen LogP contribution in [0.5, 0.6) is 0 Å². The third-order valence-electron chi connectivity index (χ3n) is 3.01. The van der Waals surface area contributed by atoms with E-state index >= 15 is 0 Å². The van der Waals surface area contributed by atoms with Crippen LogP contribution in [0.4, 0.5) is 0 Å². The second kappa shape index (κ2) is 4.88. The topological polar surface area (TPSA) is 25.2 Å². The molecule has 0 aliphatic carbocycles. The van der Waals surface area contributed by atoms with Crippen LogP contribution in [0.2, 0.25) is 0 Å². The van der Waals surface area contributed by atoms with Crippen molar-refractivity contribution >= 4 is 23.1 Å². The number of nitrogens with one attached hydrogen (secondary N) is 1. The Kier molecular flexibility index (Phi) is 3.27. The molecule has 4 heteroatoms. The molecule has 0 amide bonds. The first-order valence-corrected chi connectivity index (χ1v) is 7.58. The van der Waals surface area contributed by atoms with Gasteiger partial charge in [0.25, 0.3) is 0 Å². The molecule has 2 atom stereocenters. The summed E-state index contributed by atoms with van der Waals surface area (Å²) in [6.45, 7) is 3.11. The van der Waals surface area contributed by atoms with Crippen LogP contribution in [0.25, 0.3) is 0 Å². The number of rotatable bonds is 3. The first kappa shape index (κ1) is 11.4. The zero-order chi connectivity index (χ0) is 11.7. The summed E-state index contributed by atoms with van der Waals surface area (Å²) in [5, 5.41) is 6.48. The molecule has 2 aromatic heterocycles. The van der Waals surface area contributed by atoms with Gasteiger partial charge in [0.15, 0.2) is 0 Å². The van der Waals surface area contributed by atoms with Gasteiger partial charge in [0.2, 0.25) is 0 Å². The summed E-state index contributed by atoms with van der Waals surface area (Å²) in [5.41, 5.74) is 1.46. The lowest BCUT2D eigenvalue weighted by Gasteiger charge is -2.27. The molecule has 0 saturated heterocycles. The summed E-state index contributed by atoms with van der Waals surface area (Å²) in [4.78, 5) is 0. The lowest BCUT2D eigenvalue weighted by atomic mass is 10.0. The molecular formula is C13H15NOS2. The van der Waals surface area contributed by atoms with E-state index in [0.29, 0.717) is 11.3 Å². The van der Waals surface area contributed by atoms with Crippen LogP contribution < -0.4 is 5.32 Å². The Labute approximate surface area is 109 Å². The van der Waals surface area contributed by atoms with Gasteiger partial charge in [0.05, 0.1) is 17.0 Å². The summed E-state index contributed by atoms with van der Waals surface area (Å²) in [6.07, 6.45) is 2.92. The number of fused-ring (bicyclic) bond motifs is 1. The molecule has 90 valence electrons. The molecule has 2 aromatic rings. The van der Waals surface area contributed by atoms with Crippen molar-refractivity contribution in [1.82, 2.24) is 5.32 Å². The third kappa shape index (κ3) is 2.44. The fourth-order valence-corrected chi connectivity index (χ4v) is 4.75. The minimum absolute atomic E-state index is 0.470. The van der Waals surface area contributed by atoms with Gasteiger partial charge in [-0.15, -0.1) is 23.1 Å². The fraction of sp³-hybridized carbons (Fsp3) is 0.385. The number of thioether (sulfide) groups is 1. The van der Waals surface area contributed by atoms with Crippen LogP contribution in [-0.4, -0.2) is 5.25 Å². The molecule has 1 aliphatic heterocycles. The van der Waals surface area contributed by atoms with Crippen molar-refractivity contribution < 1.29 is 4.42 Å². The van der Waals surface area contributed by atoms with Gasteiger partial charge in [-0.1, -0.05) is 6.92 Å². The Balaban J connectivity index is 1.71. The lowest BCUT2D eigenvalue weighted by molar-refractivity contribution is 0.431. The molecule has 1 unspecified atom stereocenters. The smallest absolute Gasteiger partial charge is 0.117 e. The average Bonchev–Trinajstić information content (AvgIpc) is 2.95. The summed E-state index contributed by atoms with van der Waals surface area (Å²) in [6, 6.07) is 6.67. The molecule has 3 heterocycles. The summed E-state index contributed by atoms with van der Waals surface area (Å²) in [7, 11) is 0. The molecule has 0 radical (unpaired) electrons. The van der Waals surface area contributed by atoms with Crippen LogP contribution in [0.3, 0.4) is 0 Å². The highest BCUT2D eigenvalue weighted by Crippen LogP contribution is 2.43. The second-order valence-electron chi connectivity index (χ2n) is 4.34. The van der Waals surface area contributed by atoms with E-state index in [1.807, 2.05) is 35.2 Å². The van der Waals surface area contributed by atoms with E-state index in [1.54, 1.807) is 6.26 Å². The van der Waals surface area contributed by atoms with Gasteiger partial charge in [-0.25, -0.2) is 0 Å². The molecule has 17 heavy (non-hydrogen) atoms. The summed E-state index contributed by atoms with van der Waals surface area (Å²) in [5.74, 6) is 1.01. The molecule has 0 bridgehead atoms. The van der Waals surface area contributed by atoms with Crippen LogP contribution in [0.1, 0.15) is 30.7 Å². The van der Waals surface area contributed by atoms with E-state index in [9.17, 15) is 0 Å². The van der Waals surface area contributed by atoms with Gasteiger partial charge in [-0.05, 0) is 35.6 Å². The Hall–Kier alpha value is -0.710. The third-order valence-corrected chi connectivity index (χ3v) is 5.36. The first-order chi connectivity index (χ1) is 8.33. The lowest BCUT2D eigenvalue weighted by Crippen LogP contribution is -2.25. The minimum Gasteiger partial charge on any atom is -0.468 e. The van der Waals surface area contributed by atoms with Crippen molar-refractivity contribution in [2.45, 2.75) is 35.4 Å². The summed E-state index contributed by atoms with van der Waals surface area (Å²) < 4.78 is 6.83. The monoisotopic (exact) mass is 265 g/mol. The maximum absolute atomic E-state index is 5.36. The largest absolute Gasteiger partial charge is 0.468 e. The highest BCUT2D eigenvalue weighted by molar-refractivity contribution is 8.01. The van der Waals surface area contributed by atoms with Crippen LogP contribution in [-0.2, 0) is 6.54 Å². The van der Waals surface area contributed by atoms with Crippen molar-refractivity contribution in [3.63, 3.8) is 0 Å². The van der Waals surface area contributed by atoms with Crippen molar-refractivity contribution in [2.75, 3.05) is 0 Å². The van der Waals surface area contributed by atoms with Crippen LogP contribution >= 0.6 is 23.1 Å². The van der Waals surface area contributed by atoms with E-state index in [1.165, 1.54) is 16.2 Å². The van der Waals surface area contributed by atoms with Crippen molar-refractivity contribution in [1.29, 1.82) is 0 Å². The molecule has 0 aromatic carbocycles. The predicted octanol–water partition coefficient (Wildman–Crippen LogP) is 4.06. The normalized spacial score (nSPS) is 23.6. The zero-order valence-electron chi connectivity index (χ0n) is 9.68. The average molecular weight is 265 g/mol. The summed E-state index contributed by atoms with van der Waals surface area (Å²) >= 11 is 3.86. The Morgan fingerprint density at radius 2 is 2.41 bits per heavy atom. The standard InChI is InChI=1S/C13H15NOS2/c1-9-7-12(11-4-6-16-13(11)17-9)14-8-10-3-2-5-15-10/h2-6,9,12,14H,7-8H2,1H3/t9-,12?/m0/s1. The predicted molar refractivity (Wildman–Crippen MR) is 72.5 cm³/mol. The molecule has 0 saturated carbocycles. The number of hydrogen-bond donors (Lipinski definition) is 1. The van der Waals surface area contributed by atoms with Crippen LogP contribution in [0, 0.1) is 0 Å². The number of hydrogen-bond acceptors (Lipinski definition) is 4. The van der Waals surface area contributed by atoms with E-state index in [0.717, 1.165) is 12.3 Å². The quantitative estimate of drug-likeness (QED) is 0.906. The fourth-order valence-electron chi connectivity index (χ4n) is 2.18. The van der Waals surface area contributed by atoms with Gasteiger partial charge in [-0.3, -0.25) is 0 Å². The van der Waals surface area contributed by atoms with Crippen molar-refractivity contribution in [3.05, 3.63) is 41.2 Å². The van der Waals surface area contributed by atoms with E-state index in [-0.39, 0.29) is 0 Å². The maximum Gasteiger partial charge on any atom is 0.117 e. The molecular weight excluding hydrogens is 250 g/mol. The van der Waals surface area contributed by atoms with Gasteiger partial charge >= 0.3 is 0 Å². The second-order valence-corrected chi connectivity index (χ2v) is 6.96. The van der Waals surface area contributed by atoms with Crippen molar-refractivity contribution in [3.8, 4) is 0 Å². The molecule has 0 fully saturated rings. The Morgan fingerprint density at radius 3 is 3.24 bits per heavy atom. The molecule has 1 N–H and O–H groups in total. The van der Waals surface area contributed by atoms with Gasteiger partial charge in [0, 0.05) is 11.3 Å². The SMILES string of the molecule is C[C@H]1CC(NCc2ccco2)c2ccsc2S1. The Morgan fingerprint density at radius 1 is 1.47 bits per heavy atom. The molecule has 1 aliphatic rings. The maximum atomic E-state index is 5.36. The Bertz CT molecular complexity index is 477. The molecule has 0 spiro atoms. The highest BCUT2D eigenvalue weighted by atomic mass is 32.2. The van der Waals surface area contributed by atoms with Gasteiger partial charge in [-0.2, -0.15) is 0 Å². The number of thiophene rings is 1. The zero-order valence-corrected chi connectivity index (χ0v) is 11.3. The van der Waals surface area contributed by atoms with E-state index < -0.39 is 0 Å². The van der Waals surface area contributed by atoms with Gasteiger partial charge < -0.3 is 9.73 Å². The van der Waals surface area contributed by atoms with Crippen LogP contribution in [0.15, 0.2) is 38.5 Å². The first-order valence-electron chi connectivity index (χ1n) is 5.83. The number of furan rings is 1. The van der Waals surface area contributed by atoms with Crippen molar-refractivity contribution in [2.24, 2.45) is 0 Å². The van der Waals surface area contributed by atoms with Gasteiger partial charge in [0.1, 0.15) is 5.76 Å². The molecule has 3 rings (SSSR count). The molecule has 2 nitrogen and oxygen atoms in total.